The Morgan fingerprint density at radius 2 is 2.08 bits per heavy atom. The van der Waals surface area contributed by atoms with Crippen molar-refractivity contribution in [2.45, 2.75) is 33.2 Å². The van der Waals surface area contributed by atoms with Crippen LogP contribution in [0.1, 0.15) is 27.2 Å². The monoisotopic (exact) mass is 170 g/mol. The van der Waals surface area contributed by atoms with Gasteiger partial charge in [-0.3, -0.25) is 4.79 Å². The van der Waals surface area contributed by atoms with Crippen LogP contribution in [0.2, 0.25) is 0 Å². The highest BCUT2D eigenvalue weighted by Gasteiger charge is 2.12. The molecule has 0 aromatic rings. The van der Waals surface area contributed by atoms with Gasteiger partial charge in [0, 0.05) is 12.6 Å². The maximum absolute atomic E-state index is 10.7. The van der Waals surface area contributed by atoms with Crippen LogP contribution in [0.15, 0.2) is 12.3 Å². The van der Waals surface area contributed by atoms with Crippen LogP contribution in [0, 0.1) is 5.92 Å². The van der Waals surface area contributed by atoms with E-state index >= 15 is 0 Å². The molecule has 0 aliphatic heterocycles. The molecule has 0 saturated carbocycles. The van der Waals surface area contributed by atoms with E-state index in [1.807, 2.05) is 0 Å². The van der Waals surface area contributed by atoms with Crippen molar-refractivity contribution in [3.63, 3.8) is 0 Å². The smallest absolute Gasteiger partial charge is 0.217 e. The van der Waals surface area contributed by atoms with Crippen molar-refractivity contribution in [2.24, 2.45) is 11.7 Å². The van der Waals surface area contributed by atoms with E-state index in [4.69, 9.17) is 5.73 Å². The summed E-state index contributed by atoms with van der Waals surface area (Å²) in [7, 11) is 0. The number of carbonyl (C=O) groups is 1. The van der Waals surface area contributed by atoms with E-state index in [0.29, 0.717) is 11.6 Å². The highest BCUT2D eigenvalue weighted by atomic mass is 16.1. The van der Waals surface area contributed by atoms with E-state index in [9.17, 15) is 4.79 Å². The van der Waals surface area contributed by atoms with Gasteiger partial charge < -0.3 is 11.1 Å². The molecule has 0 fully saturated rings. The summed E-state index contributed by atoms with van der Waals surface area (Å²) >= 11 is 0. The first-order valence-electron chi connectivity index (χ1n) is 4.14. The van der Waals surface area contributed by atoms with Gasteiger partial charge in [-0.05, 0) is 12.3 Å². The van der Waals surface area contributed by atoms with Crippen LogP contribution in [0.3, 0.4) is 0 Å². The van der Waals surface area contributed by atoms with Gasteiger partial charge in [-0.1, -0.05) is 20.4 Å². The van der Waals surface area contributed by atoms with Crippen molar-refractivity contribution in [1.82, 2.24) is 5.32 Å². The molecule has 0 radical (unpaired) electrons. The lowest BCUT2D eigenvalue weighted by molar-refractivity contribution is -0.119. The summed E-state index contributed by atoms with van der Waals surface area (Å²) in [4.78, 5) is 10.7. The van der Waals surface area contributed by atoms with Crippen molar-refractivity contribution in [2.75, 3.05) is 0 Å². The van der Waals surface area contributed by atoms with Crippen LogP contribution in [0.5, 0.6) is 0 Å². The van der Waals surface area contributed by atoms with Crippen LogP contribution in [-0.4, -0.2) is 11.9 Å². The molecule has 0 unspecified atom stereocenters. The van der Waals surface area contributed by atoms with Crippen molar-refractivity contribution in [3.8, 4) is 0 Å². The fourth-order valence-electron chi connectivity index (χ4n) is 1.02. The summed E-state index contributed by atoms with van der Waals surface area (Å²) in [6.45, 7) is 9.27. The maximum Gasteiger partial charge on any atom is 0.217 e. The Balaban J connectivity index is 4.04. The van der Waals surface area contributed by atoms with E-state index in [1.54, 1.807) is 0 Å². The van der Waals surface area contributed by atoms with E-state index in [0.717, 1.165) is 6.42 Å². The number of hydrogen-bond donors (Lipinski definition) is 2. The molecule has 1 atom stereocenters. The van der Waals surface area contributed by atoms with Gasteiger partial charge in [0.15, 0.2) is 0 Å². The summed E-state index contributed by atoms with van der Waals surface area (Å²) in [5, 5.41) is 2.75. The molecule has 0 spiro atoms. The minimum absolute atomic E-state index is 0.0627. The molecule has 0 rings (SSSR count). The fourth-order valence-corrected chi connectivity index (χ4v) is 1.02. The number of nitrogens with two attached hydrogens (primary N) is 1. The molecule has 3 nitrogen and oxygen atoms in total. The number of carbonyl (C=O) groups excluding carboxylic acids is 1. The highest BCUT2D eigenvalue weighted by Crippen LogP contribution is 2.07. The van der Waals surface area contributed by atoms with Gasteiger partial charge in [0.1, 0.15) is 0 Å². The fraction of sp³-hybridized carbons (Fsp3) is 0.667. The summed E-state index contributed by atoms with van der Waals surface area (Å²) in [6.07, 6.45) is 0.842. The molecule has 1 amide bonds. The first-order valence-corrected chi connectivity index (χ1v) is 4.14. The molecule has 0 aliphatic rings. The number of rotatable bonds is 4. The summed E-state index contributed by atoms with van der Waals surface area (Å²) in [5.74, 6) is 0.439. The minimum Gasteiger partial charge on any atom is -0.401 e. The first kappa shape index (κ1) is 11.0. The Kier molecular flexibility index (Phi) is 4.40. The average Bonchev–Trinajstić information content (AvgIpc) is 1.83. The SMILES string of the molecule is C=C(N)[C@H](CC(C)C)NC(C)=O. The van der Waals surface area contributed by atoms with Crippen molar-refractivity contribution >= 4 is 5.91 Å². The summed E-state index contributed by atoms with van der Waals surface area (Å²) in [6, 6.07) is -0.0810. The quantitative estimate of drug-likeness (QED) is 0.661. The molecule has 0 bridgehead atoms. The van der Waals surface area contributed by atoms with Crippen LogP contribution in [0.4, 0.5) is 0 Å². The Morgan fingerprint density at radius 1 is 1.58 bits per heavy atom. The van der Waals surface area contributed by atoms with Crippen LogP contribution >= 0.6 is 0 Å². The van der Waals surface area contributed by atoms with Crippen molar-refractivity contribution in [1.29, 1.82) is 0 Å². The summed E-state index contributed by atoms with van der Waals surface area (Å²) < 4.78 is 0. The Bertz CT molecular complexity index is 175. The topological polar surface area (TPSA) is 55.1 Å². The van der Waals surface area contributed by atoms with Crippen molar-refractivity contribution in [3.05, 3.63) is 12.3 Å². The third kappa shape index (κ3) is 4.77. The third-order valence-electron chi connectivity index (χ3n) is 1.53. The zero-order valence-corrected chi connectivity index (χ0v) is 8.05. The van der Waals surface area contributed by atoms with Crippen LogP contribution in [-0.2, 0) is 4.79 Å². The molecule has 0 aliphatic carbocycles. The maximum atomic E-state index is 10.7. The molecular weight excluding hydrogens is 152 g/mol. The van der Waals surface area contributed by atoms with E-state index < -0.39 is 0 Å². The lowest BCUT2D eigenvalue weighted by Crippen LogP contribution is -2.37. The van der Waals surface area contributed by atoms with Gasteiger partial charge >= 0.3 is 0 Å². The van der Waals surface area contributed by atoms with Gasteiger partial charge in [-0.25, -0.2) is 0 Å². The highest BCUT2D eigenvalue weighted by molar-refractivity contribution is 5.73. The van der Waals surface area contributed by atoms with E-state index in [2.05, 4.69) is 25.7 Å². The zero-order chi connectivity index (χ0) is 9.72. The minimum atomic E-state index is -0.0810. The van der Waals surface area contributed by atoms with E-state index in [1.165, 1.54) is 6.92 Å². The molecular formula is C9H18N2O. The largest absolute Gasteiger partial charge is 0.401 e. The van der Waals surface area contributed by atoms with Gasteiger partial charge in [0.05, 0.1) is 6.04 Å². The zero-order valence-electron chi connectivity index (χ0n) is 8.05. The second-order valence-electron chi connectivity index (χ2n) is 3.46. The second-order valence-corrected chi connectivity index (χ2v) is 3.46. The molecule has 0 heterocycles. The van der Waals surface area contributed by atoms with Gasteiger partial charge in [0.25, 0.3) is 0 Å². The molecule has 12 heavy (non-hydrogen) atoms. The van der Waals surface area contributed by atoms with Crippen molar-refractivity contribution < 1.29 is 4.79 Å². The molecule has 0 aromatic heterocycles. The molecule has 3 heteroatoms. The van der Waals surface area contributed by atoms with Gasteiger partial charge in [-0.15, -0.1) is 0 Å². The normalized spacial score (nSPS) is 12.7. The molecule has 70 valence electrons. The first-order chi connectivity index (χ1) is 5.43. The van der Waals surface area contributed by atoms with Gasteiger partial charge in [-0.2, -0.15) is 0 Å². The lowest BCUT2D eigenvalue weighted by atomic mass is 10.0. The number of amides is 1. The third-order valence-corrected chi connectivity index (χ3v) is 1.53. The van der Waals surface area contributed by atoms with Crippen LogP contribution < -0.4 is 11.1 Å². The second kappa shape index (κ2) is 4.80. The predicted octanol–water partition coefficient (Wildman–Crippen LogP) is 1.01. The van der Waals surface area contributed by atoms with E-state index in [-0.39, 0.29) is 11.9 Å². The predicted molar refractivity (Wildman–Crippen MR) is 50.4 cm³/mol. The van der Waals surface area contributed by atoms with Gasteiger partial charge in [0.2, 0.25) is 5.91 Å². The molecule has 0 aromatic carbocycles. The number of hydrogen-bond acceptors (Lipinski definition) is 2. The Hall–Kier alpha value is -0.990. The Morgan fingerprint density at radius 3 is 2.33 bits per heavy atom. The van der Waals surface area contributed by atoms with Crippen LogP contribution in [0.25, 0.3) is 0 Å². The Labute approximate surface area is 74.0 Å². The molecule has 3 N–H and O–H groups in total. The summed E-state index contributed by atoms with van der Waals surface area (Å²) in [5.41, 5.74) is 6.05. The standard InChI is InChI=1S/C9H18N2O/c1-6(2)5-9(7(3)10)11-8(4)12/h6,9H,3,5,10H2,1-2,4H3,(H,11,12)/t9-/m0/s1. The lowest BCUT2D eigenvalue weighted by Gasteiger charge is -2.19. The number of nitrogens with one attached hydrogen (secondary N) is 1. The molecule has 0 saturated heterocycles. The average molecular weight is 170 g/mol.